The van der Waals surface area contributed by atoms with Crippen LogP contribution in [0.25, 0.3) is 0 Å². The second-order valence-electron chi connectivity index (χ2n) is 10.6. The minimum absolute atomic E-state index is 0.113. The monoisotopic (exact) mass is 488 g/mol. The van der Waals surface area contributed by atoms with E-state index in [4.69, 9.17) is 10.5 Å². The second kappa shape index (κ2) is 9.27. The highest BCUT2D eigenvalue weighted by molar-refractivity contribution is 7.10. The molecule has 1 aromatic carbocycles. The van der Waals surface area contributed by atoms with Crippen molar-refractivity contribution in [2.75, 3.05) is 31.2 Å². The zero-order valence-electron chi connectivity index (χ0n) is 20.6. The molecule has 0 unspecified atom stereocenters. The maximum Gasteiger partial charge on any atom is 0.162 e. The van der Waals surface area contributed by atoms with Gasteiger partial charge in [-0.2, -0.15) is 5.26 Å². The van der Waals surface area contributed by atoms with Gasteiger partial charge in [0.05, 0.1) is 30.8 Å². The summed E-state index contributed by atoms with van der Waals surface area (Å²) in [5, 5.41) is 12.4. The summed E-state index contributed by atoms with van der Waals surface area (Å²) in [6.07, 6.45) is 1.19. The molecule has 2 aliphatic heterocycles. The van der Waals surface area contributed by atoms with Crippen LogP contribution in [0.3, 0.4) is 0 Å². The molecule has 3 aliphatic rings. The smallest absolute Gasteiger partial charge is 0.162 e. The molecule has 0 spiro atoms. The summed E-state index contributed by atoms with van der Waals surface area (Å²) in [5.41, 5.74) is 11.9. The van der Waals surface area contributed by atoms with Crippen molar-refractivity contribution in [1.29, 1.82) is 5.26 Å². The molecule has 6 nitrogen and oxygen atoms in total. The van der Waals surface area contributed by atoms with Crippen molar-refractivity contribution in [3.05, 3.63) is 74.4 Å². The van der Waals surface area contributed by atoms with E-state index in [0.29, 0.717) is 17.8 Å². The fourth-order valence-corrected chi connectivity index (χ4v) is 6.45. The van der Waals surface area contributed by atoms with Gasteiger partial charge >= 0.3 is 0 Å². The van der Waals surface area contributed by atoms with Crippen molar-refractivity contribution >= 4 is 22.8 Å². The van der Waals surface area contributed by atoms with E-state index in [1.54, 1.807) is 11.3 Å². The molecule has 35 heavy (non-hydrogen) atoms. The maximum absolute atomic E-state index is 13.7. The van der Waals surface area contributed by atoms with Crippen LogP contribution in [-0.4, -0.2) is 37.0 Å². The second-order valence-corrected chi connectivity index (χ2v) is 11.5. The number of rotatable bonds is 4. The third-order valence-corrected chi connectivity index (χ3v) is 8.19. The number of carbonyl (C=O) groups is 1. The van der Waals surface area contributed by atoms with Crippen LogP contribution in [0.15, 0.2) is 58.4 Å². The summed E-state index contributed by atoms with van der Waals surface area (Å²) < 4.78 is 5.48. The Morgan fingerprint density at radius 3 is 2.60 bits per heavy atom. The first-order chi connectivity index (χ1) is 16.8. The highest BCUT2D eigenvalue weighted by Gasteiger charge is 2.45. The summed E-state index contributed by atoms with van der Waals surface area (Å²) in [6.45, 7) is 10.5. The predicted molar refractivity (Wildman–Crippen MR) is 139 cm³/mol. The van der Waals surface area contributed by atoms with Gasteiger partial charge in [0, 0.05) is 47.9 Å². The lowest BCUT2D eigenvalue weighted by Gasteiger charge is -2.43. The van der Waals surface area contributed by atoms with E-state index < -0.39 is 5.92 Å². The first-order valence-electron chi connectivity index (χ1n) is 12.2. The summed E-state index contributed by atoms with van der Waals surface area (Å²) in [5.74, 6) is 0.124. The van der Waals surface area contributed by atoms with Crippen LogP contribution in [0.5, 0.6) is 0 Å². The number of hydrogen-bond acceptors (Lipinski definition) is 7. The van der Waals surface area contributed by atoms with E-state index >= 15 is 0 Å². The van der Waals surface area contributed by atoms with Crippen molar-refractivity contribution in [3.8, 4) is 6.07 Å². The lowest BCUT2D eigenvalue weighted by atomic mass is 9.69. The molecule has 0 bridgehead atoms. The Hall–Kier alpha value is -2.92. The number of nitrogens with zero attached hydrogens (tertiary/aromatic N) is 3. The first kappa shape index (κ1) is 23.8. The predicted octanol–water partition coefficient (Wildman–Crippen LogP) is 4.83. The molecule has 0 radical (unpaired) electrons. The highest BCUT2D eigenvalue weighted by atomic mass is 32.1. The fourth-order valence-electron chi connectivity index (χ4n) is 5.43. The van der Waals surface area contributed by atoms with Crippen LogP contribution >= 0.6 is 11.3 Å². The van der Waals surface area contributed by atoms with Gasteiger partial charge in [-0.1, -0.05) is 31.5 Å². The number of allylic oxidation sites excluding steroid dienone is 3. The standard InChI is InChI=1S/C28H32N4O2S/c1-18-4-6-20(7-5-18)32-22-13-28(2,3)14-23(33)26(22)25(21(15-29)27(32)30)24-12-19(17-35-24)16-31-8-10-34-11-9-31/h4-7,12,17,25H,8-11,13-14,16,30H2,1-3H3/t25-/m0/s1. The molecule has 2 N–H and O–H groups in total. The van der Waals surface area contributed by atoms with Gasteiger partial charge in [0.25, 0.3) is 0 Å². The minimum atomic E-state index is -0.413. The van der Waals surface area contributed by atoms with Crippen molar-refractivity contribution in [3.63, 3.8) is 0 Å². The Kier molecular flexibility index (Phi) is 6.30. The van der Waals surface area contributed by atoms with Crippen LogP contribution < -0.4 is 10.6 Å². The van der Waals surface area contributed by atoms with Gasteiger partial charge in [-0.3, -0.25) is 14.6 Å². The van der Waals surface area contributed by atoms with Gasteiger partial charge < -0.3 is 10.5 Å². The van der Waals surface area contributed by atoms with Gasteiger partial charge in [0.15, 0.2) is 5.78 Å². The molecule has 1 saturated heterocycles. The van der Waals surface area contributed by atoms with Gasteiger partial charge in [-0.05, 0) is 47.9 Å². The Morgan fingerprint density at radius 2 is 1.91 bits per heavy atom. The molecular weight excluding hydrogens is 456 g/mol. The Balaban J connectivity index is 1.60. The summed E-state index contributed by atoms with van der Waals surface area (Å²) >= 11 is 1.62. The van der Waals surface area contributed by atoms with E-state index in [2.05, 4.69) is 36.3 Å². The summed E-state index contributed by atoms with van der Waals surface area (Å²) in [7, 11) is 0. The molecule has 3 heterocycles. The topological polar surface area (TPSA) is 82.6 Å². The van der Waals surface area contributed by atoms with Crippen molar-refractivity contribution in [2.24, 2.45) is 11.1 Å². The number of hydrogen-bond donors (Lipinski definition) is 1. The number of anilines is 1. The van der Waals surface area contributed by atoms with E-state index in [-0.39, 0.29) is 11.2 Å². The Morgan fingerprint density at radius 1 is 1.20 bits per heavy atom. The third-order valence-electron chi connectivity index (χ3n) is 7.14. The SMILES string of the molecule is Cc1ccc(N2C(N)=C(C#N)[C@@H](c3cc(CN4CCOCC4)cs3)C3=C2CC(C)(C)CC3=O)cc1. The number of aryl methyl sites for hydroxylation is 1. The molecule has 2 aromatic rings. The van der Waals surface area contributed by atoms with Gasteiger partial charge in [0.1, 0.15) is 5.82 Å². The number of benzene rings is 1. The van der Waals surface area contributed by atoms with Gasteiger partial charge in [-0.15, -0.1) is 11.3 Å². The third kappa shape index (κ3) is 4.54. The number of carbonyl (C=O) groups excluding carboxylic acids is 1. The van der Waals surface area contributed by atoms with E-state index in [0.717, 1.165) is 66.7 Å². The van der Waals surface area contributed by atoms with Gasteiger partial charge in [-0.25, -0.2) is 0 Å². The van der Waals surface area contributed by atoms with Crippen molar-refractivity contribution in [2.45, 2.75) is 46.1 Å². The first-order valence-corrected chi connectivity index (χ1v) is 13.1. The zero-order chi connectivity index (χ0) is 24.7. The lowest BCUT2D eigenvalue weighted by molar-refractivity contribution is -0.118. The average molecular weight is 489 g/mol. The molecule has 182 valence electrons. The molecule has 1 aliphatic carbocycles. The van der Waals surface area contributed by atoms with Crippen LogP contribution in [0.2, 0.25) is 0 Å². The van der Waals surface area contributed by atoms with E-state index in [9.17, 15) is 10.1 Å². The lowest BCUT2D eigenvalue weighted by Crippen LogP contribution is -2.42. The fraction of sp³-hybridized carbons (Fsp3) is 0.429. The Labute approximate surface area is 211 Å². The Bertz CT molecular complexity index is 1240. The number of thiophene rings is 1. The number of ketones is 1. The van der Waals surface area contributed by atoms with Crippen LogP contribution in [0.4, 0.5) is 5.69 Å². The van der Waals surface area contributed by atoms with Crippen LogP contribution in [0.1, 0.15) is 48.6 Å². The van der Waals surface area contributed by atoms with E-state index in [1.807, 2.05) is 36.1 Å². The maximum atomic E-state index is 13.7. The number of morpholine rings is 1. The van der Waals surface area contributed by atoms with Crippen molar-refractivity contribution in [1.82, 2.24) is 4.90 Å². The molecule has 7 heteroatoms. The number of Topliss-reactive ketones (excluding diaryl/α,β-unsaturated/α-hetero) is 1. The van der Waals surface area contributed by atoms with Crippen LogP contribution in [0, 0.1) is 23.7 Å². The summed E-state index contributed by atoms with van der Waals surface area (Å²) in [6, 6.07) is 12.6. The minimum Gasteiger partial charge on any atom is -0.384 e. The molecule has 0 amide bonds. The molecule has 5 rings (SSSR count). The average Bonchev–Trinajstić information content (AvgIpc) is 3.27. The quantitative estimate of drug-likeness (QED) is 0.664. The summed E-state index contributed by atoms with van der Waals surface area (Å²) in [4.78, 5) is 19.0. The van der Waals surface area contributed by atoms with Crippen LogP contribution in [-0.2, 0) is 16.1 Å². The molecule has 1 fully saturated rings. The normalized spacial score (nSPS) is 22.9. The van der Waals surface area contributed by atoms with E-state index in [1.165, 1.54) is 5.56 Å². The molecule has 0 saturated carbocycles. The number of nitriles is 1. The highest BCUT2D eigenvalue weighted by Crippen LogP contribution is 2.51. The zero-order valence-corrected chi connectivity index (χ0v) is 21.5. The number of nitrogens with two attached hydrogens (primary N) is 1. The largest absolute Gasteiger partial charge is 0.384 e. The molecule has 1 atom stereocenters. The van der Waals surface area contributed by atoms with Crippen molar-refractivity contribution < 1.29 is 9.53 Å². The van der Waals surface area contributed by atoms with Gasteiger partial charge in [0.2, 0.25) is 0 Å². The molecular formula is C28H32N4O2S. The number of ether oxygens (including phenoxy) is 1. The molecule has 1 aromatic heterocycles.